The van der Waals surface area contributed by atoms with Gasteiger partial charge < -0.3 is 5.32 Å². The van der Waals surface area contributed by atoms with E-state index in [1.54, 1.807) is 4.88 Å². The Morgan fingerprint density at radius 1 is 1.20 bits per heavy atom. The highest BCUT2D eigenvalue weighted by Crippen LogP contribution is 2.58. The van der Waals surface area contributed by atoms with Crippen molar-refractivity contribution in [3.63, 3.8) is 0 Å². The maximum atomic E-state index is 3.71. The topological polar surface area (TPSA) is 12.0 Å². The van der Waals surface area contributed by atoms with Crippen molar-refractivity contribution in [3.05, 3.63) is 35.2 Å². The van der Waals surface area contributed by atoms with E-state index in [1.807, 2.05) is 11.3 Å². The first kappa shape index (κ1) is 14.1. The van der Waals surface area contributed by atoms with Gasteiger partial charge in [-0.1, -0.05) is 39.0 Å². The Bertz CT molecular complexity index is 549. The molecule has 0 aliphatic heterocycles. The first-order chi connectivity index (χ1) is 9.75. The second-order valence-corrected chi connectivity index (χ2v) is 7.14. The van der Waals surface area contributed by atoms with Crippen molar-refractivity contribution < 1.29 is 0 Å². The molecule has 2 aromatic rings. The van der Waals surface area contributed by atoms with Gasteiger partial charge in [-0.2, -0.15) is 0 Å². The van der Waals surface area contributed by atoms with E-state index >= 15 is 0 Å². The van der Waals surface area contributed by atoms with Gasteiger partial charge in [0.15, 0.2) is 0 Å². The van der Waals surface area contributed by atoms with E-state index in [-0.39, 0.29) is 0 Å². The van der Waals surface area contributed by atoms with Gasteiger partial charge in [-0.15, -0.1) is 11.3 Å². The van der Waals surface area contributed by atoms with Crippen LogP contribution in [0.25, 0.3) is 10.1 Å². The van der Waals surface area contributed by atoms with Gasteiger partial charge in [-0.3, -0.25) is 0 Å². The molecule has 1 aromatic heterocycles. The van der Waals surface area contributed by atoms with Gasteiger partial charge >= 0.3 is 0 Å². The molecule has 1 aliphatic rings. The molecule has 0 radical (unpaired) electrons. The fraction of sp³-hybridized carbons (Fsp3) is 0.556. The second-order valence-electron chi connectivity index (χ2n) is 6.03. The second kappa shape index (κ2) is 5.50. The number of rotatable bonds is 5. The summed E-state index contributed by atoms with van der Waals surface area (Å²) >= 11 is 2.01. The number of fused-ring (bicyclic) bond motifs is 1. The van der Waals surface area contributed by atoms with Crippen molar-refractivity contribution in [3.8, 4) is 0 Å². The predicted octanol–water partition coefficient (Wildman–Crippen LogP) is 5.17. The fourth-order valence-electron chi connectivity index (χ4n) is 4.13. The third kappa shape index (κ3) is 2.01. The summed E-state index contributed by atoms with van der Waals surface area (Å²) in [7, 11) is 0. The molecule has 1 heterocycles. The summed E-state index contributed by atoms with van der Waals surface area (Å²) in [5.74, 6) is 0.749. The van der Waals surface area contributed by atoms with Crippen LogP contribution in [-0.2, 0) is 0 Å². The lowest BCUT2D eigenvalue weighted by molar-refractivity contribution is 0.0229. The van der Waals surface area contributed by atoms with Crippen LogP contribution in [0.4, 0.5) is 0 Å². The highest BCUT2D eigenvalue weighted by atomic mass is 32.1. The first-order valence-electron chi connectivity index (χ1n) is 7.97. The minimum absolute atomic E-state index is 0.469. The van der Waals surface area contributed by atoms with Gasteiger partial charge in [0, 0.05) is 21.5 Å². The summed E-state index contributed by atoms with van der Waals surface area (Å²) < 4.78 is 1.44. The van der Waals surface area contributed by atoms with E-state index in [0.29, 0.717) is 11.5 Å². The van der Waals surface area contributed by atoms with Gasteiger partial charge in [-0.05, 0) is 48.7 Å². The third-order valence-corrected chi connectivity index (χ3v) is 6.64. The molecule has 1 aromatic carbocycles. The van der Waals surface area contributed by atoms with Crippen LogP contribution in [0.5, 0.6) is 0 Å². The maximum absolute atomic E-state index is 3.71. The van der Waals surface area contributed by atoms with E-state index < -0.39 is 0 Å². The molecule has 0 saturated heterocycles. The fourth-order valence-corrected chi connectivity index (χ4v) is 5.43. The summed E-state index contributed by atoms with van der Waals surface area (Å²) in [4.78, 5) is 1.60. The van der Waals surface area contributed by atoms with Crippen LogP contribution in [0, 0.1) is 5.41 Å². The van der Waals surface area contributed by atoms with Crippen molar-refractivity contribution in [1.29, 1.82) is 0 Å². The van der Waals surface area contributed by atoms with E-state index in [1.165, 1.54) is 29.3 Å². The zero-order chi connectivity index (χ0) is 14.2. The number of hydrogen-bond acceptors (Lipinski definition) is 2. The molecule has 2 unspecified atom stereocenters. The van der Waals surface area contributed by atoms with Crippen molar-refractivity contribution in [2.45, 2.75) is 52.0 Å². The Morgan fingerprint density at radius 2 is 1.95 bits per heavy atom. The molecular formula is C18H25NS. The Morgan fingerprint density at radius 3 is 2.60 bits per heavy atom. The van der Waals surface area contributed by atoms with Gasteiger partial charge in [0.2, 0.25) is 0 Å². The van der Waals surface area contributed by atoms with E-state index in [0.717, 1.165) is 12.5 Å². The molecule has 2 heteroatoms. The predicted molar refractivity (Wildman–Crippen MR) is 89.7 cm³/mol. The lowest BCUT2D eigenvalue weighted by atomic mass is 9.53. The molecule has 0 bridgehead atoms. The van der Waals surface area contributed by atoms with Crippen LogP contribution in [0.2, 0.25) is 0 Å². The zero-order valence-corrected chi connectivity index (χ0v) is 13.6. The standard InChI is InChI=1S/C18H25NS/c1-4-18(5-2)14(12-17(18)19-6-3)16-11-13-9-7-8-10-15(13)20-16/h7-11,14,17,19H,4-6,12H2,1-3H3. The quantitative estimate of drug-likeness (QED) is 0.799. The summed E-state index contributed by atoms with van der Waals surface area (Å²) in [5.41, 5.74) is 0.469. The molecule has 1 saturated carbocycles. The average Bonchev–Trinajstić information content (AvgIpc) is 2.87. The van der Waals surface area contributed by atoms with Crippen LogP contribution in [-0.4, -0.2) is 12.6 Å². The molecule has 1 N–H and O–H groups in total. The summed E-state index contributed by atoms with van der Waals surface area (Å²) in [5, 5.41) is 5.13. The van der Waals surface area contributed by atoms with Gasteiger partial charge in [-0.25, -0.2) is 0 Å². The molecule has 1 nitrogen and oxygen atoms in total. The van der Waals surface area contributed by atoms with E-state index in [2.05, 4.69) is 56.4 Å². The number of thiophene rings is 1. The van der Waals surface area contributed by atoms with Gasteiger partial charge in [0.1, 0.15) is 0 Å². The lowest BCUT2D eigenvalue weighted by Crippen LogP contribution is -2.57. The molecule has 0 amide bonds. The Labute approximate surface area is 126 Å². The Kier molecular flexibility index (Phi) is 3.87. The molecule has 1 fully saturated rings. The SMILES string of the molecule is CCNC1CC(c2cc3ccccc3s2)C1(CC)CC. The van der Waals surface area contributed by atoms with Crippen molar-refractivity contribution in [2.24, 2.45) is 5.41 Å². The van der Waals surface area contributed by atoms with E-state index in [4.69, 9.17) is 0 Å². The number of benzene rings is 1. The van der Waals surface area contributed by atoms with Crippen LogP contribution >= 0.6 is 11.3 Å². The lowest BCUT2D eigenvalue weighted by Gasteiger charge is -2.56. The summed E-state index contributed by atoms with van der Waals surface area (Å²) in [6.45, 7) is 8.05. The summed E-state index contributed by atoms with van der Waals surface area (Å²) in [6, 6.07) is 11.9. The Hall–Kier alpha value is -0.860. The highest BCUT2D eigenvalue weighted by Gasteiger charge is 2.52. The molecular weight excluding hydrogens is 262 g/mol. The zero-order valence-electron chi connectivity index (χ0n) is 12.8. The largest absolute Gasteiger partial charge is 0.314 e. The molecule has 108 valence electrons. The number of nitrogens with one attached hydrogen (secondary N) is 1. The highest BCUT2D eigenvalue weighted by molar-refractivity contribution is 7.19. The average molecular weight is 287 g/mol. The van der Waals surface area contributed by atoms with Crippen molar-refractivity contribution in [2.75, 3.05) is 6.54 Å². The van der Waals surface area contributed by atoms with Crippen molar-refractivity contribution >= 4 is 21.4 Å². The smallest absolute Gasteiger partial charge is 0.0345 e. The van der Waals surface area contributed by atoms with Gasteiger partial charge in [0.25, 0.3) is 0 Å². The maximum Gasteiger partial charge on any atom is 0.0345 e. The molecule has 2 atom stereocenters. The normalized spacial score (nSPS) is 24.8. The van der Waals surface area contributed by atoms with Crippen molar-refractivity contribution in [1.82, 2.24) is 5.32 Å². The Balaban J connectivity index is 1.93. The minimum Gasteiger partial charge on any atom is -0.314 e. The summed E-state index contributed by atoms with van der Waals surface area (Å²) in [6.07, 6.45) is 3.86. The van der Waals surface area contributed by atoms with Crippen LogP contribution < -0.4 is 5.32 Å². The molecule has 20 heavy (non-hydrogen) atoms. The molecule has 1 aliphatic carbocycles. The monoisotopic (exact) mass is 287 g/mol. The third-order valence-electron chi connectivity index (χ3n) is 5.41. The minimum atomic E-state index is 0.469. The van der Waals surface area contributed by atoms with Crippen LogP contribution in [0.1, 0.15) is 50.8 Å². The van der Waals surface area contributed by atoms with Crippen LogP contribution in [0.15, 0.2) is 30.3 Å². The van der Waals surface area contributed by atoms with E-state index in [9.17, 15) is 0 Å². The molecule has 0 spiro atoms. The van der Waals surface area contributed by atoms with Crippen LogP contribution in [0.3, 0.4) is 0 Å². The number of hydrogen-bond donors (Lipinski definition) is 1. The first-order valence-corrected chi connectivity index (χ1v) is 8.78. The molecule has 3 rings (SSSR count). The van der Waals surface area contributed by atoms with Gasteiger partial charge in [0.05, 0.1) is 0 Å².